The molecule has 2 aromatic heterocycles. The Bertz CT molecular complexity index is 612. The number of nitrogens with one attached hydrogen (secondary N) is 1. The number of nitrogens with zero attached hydrogens (tertiary/aromatic N) is 3. The van der Waals surface area contributed by atoms with Crippen LogP contribution < -0.4 is 0 Å². The van der Waals surface area contributed by atoms with E-state index in [4.69, 9.17) is 4.74 Å². The van der Waals surface area contributed by atoms with E-state index in [2.05, 4.69) is 15.3 Å². The molecule has 1 aliphatic carbocycles. The Morgan fingerprint density at radius 3 is 3.17 bits per heavy atom. The molecule has 1 N–H and O–H groups in total. The summed E-state index contributed by atoms with van der Waals surface area (Å²) in [7, 11) is 1.92. The van der Waals surface area contributed by atoms with Crippen molar-refractivity contribution in [3.8, 4) is 11.3 Å². The Morgan fingerprint density at radius 2 is 2.39 bits per heavy atom. The lowest BCUT2D eigenvalue weighted by Crippen LogP contribution is -2.11. The number of aryl methyl sites for hydroxylation is 1. The second-order valence-corrected chi connectivity index (χ2v) is 4.27. The second-order valence-electron chi connectivity index (χ2n) is 4.27. The van der Waals surface area contributed by atoms with Crippen LogP contribution in [0.2, 0.25) is 0 Å². The molecule has 0 saturated heterocycles. The molecule has 3 rings (SSSR count). The molecular formula is C12H14N4O2. The van der Waals surface area contributed by atoms with E-state index < -0.39 is 0 Å². The first-order chi connectivity index (χ1) is 8.72. The van der Waals surface area contributed by atoms with Crippen LogP contribution >= 0.6 is 0 Å². The van der Waals surface area contributed by atoms with E-state index in [0.717, 1.165) is 35.4 Å². The maximum Gasteiger partial charge on any atom is 0.356 e. The number of aromatic amines is 1. The molecule has 0 radical (unpaired) electrons. The molecule has 1 aliphatic rings. The fraction of sp³-hybridized carbons (Fsp3) is 0.417. The monoisotopic (exact) mass is 246 g/mol. The van der Waals surface area contributed by atoms with Crippen molar-refractivity contribution in [1.82, 2.24) is 20.0 Å². The molecular weight excluding hydrogens is 232 g/mol. The molecule has 94 valence electrons. The van der Waals surface area contributed by atoms with Gasteiger partial charge in [0.05, 0.1) is 18.5 Å². The van der Waals surface area contributed by atoms with Gasteiger partial charge in [0.2, 0.25) is 0 Å². The third-order valence-electron chi connectivity index (χ3n) is 3.28. The van der Waals surface area contributed by atoms with Crippen molar-refractivity contribution in [2.45, 2.75) is 19.8 Å². The van der Waals surface area contributed by atoms with Crippen molar-refractivity contribution in [2.75, 3.05) is 6.61 Å². The normalized spacial score (nSPS) is 13.0. The van der Waals surface area contributed by atoms with E-state index in [9.17, 15) is 4.79 Å². The van der Waals surface area contributed by atoms with Crippen molar-refractivity contribution in [1.29, 1.82) is 0 Å². The molecule has 0 spiro atoms. The summed E-state index contributed by atoms with van der Waals surface area (Å²) in [6, 6.07) is 0. The number of esters is 1. The molecule has 0 saturated carbocycles. The fourth-order valence-corrected chi connectivity index (χ4v) is 2.40. The highest BCUT2D eigenvalue weighted by Gasteiger charge is 2.27. The van der Waals surface area contributed by atoms with E-state index in [1.807, 2.05) is 11.7 Å². The minimum absolute atomic E-state index is 0.335. The summed E-state index contributed by atoms with van der Waals surface area (Å²) in [4.78, 5) is 11.8. The summed E-state index contributed by atoms with van der Waals surface area (Å²) in [5, 5.41) is 11.3. The third-order valence-corrected chi connectivity index (χ3v) is 3.28. The van der Waals surface area contributed by atoms with Crippen molar-refractivity contribution in [2.24, 2.45) is 7.05 Å². The SMILES string of the molecule is CCOC(=O)c1[nH]nc2c1CCc1c-2cnn1C. The Hall–Kier alpha value is -2.11. The van der Waals surface area contributed by atoms with Crippen LogP contribution in [-0.4, -0.2) is 32.6 Å². The zero-order chi connectivity index (χ0) is 12.7. The van der Waals surface area contributed by atoms with Gasteiger partial charge in [-0.05, 0) is 19.8 Å². The van der Waals surface area contributed by atoms with E-state index in [1.165, 1.54) is 0 Å². The lowest BCUT2D eigenvalue weighted by atomic mass is 9.94. The minimum Gasteiger partial charge on any atom is -0.461 e. The number of aromatic nitrogens is 4. The number of hydrogen-bond donors (Lipinski definition) is 1. The van der Waals surface area contributed by atoms with Gasteiger partial charge in [0.1, 0.15) is 5.69 Å². The smallest absolute Gasteiger partial charge is 0.356 e. The molecule has 0 amide bonds. The number of carbonyl (C=O) groups is 1. The van der Waals surface area contributed by atoms with Crippen molar-refractivity contribution in [3.63, 3.8) is 0 Å². The quantitative estimate of drug-likeness (QED) is 0.805. The number of ether oxygens (including phenoxy) is 1. The first-order valence-electron chi connectivity index (χ1n) is 5.98. The molecule has 0 unspecified atom stereocenters. The van der Waals surface area contributed by atoms with Crippen molar-refractivity contribution >= 4 is 5.97 Å². The van der Waals surface area contributed by atoms with Gasteiger partial charge in [0, 0.05) is 23.9 Å². The van der Waals surface area contributed by atoms with Crippen LogP contribution in [0, 0.1) is 0 Å². The molecule has 6 nitrogen and oxygen atoms in total. The first-order valence-corrected chi connectivity index (χ1v) is 5.98. The highest BCUT2D eigenvalue weighted by molar-refractivity contribution is 5.91. The zero-order valence-corrected chi connectivity index (χ0v) is 10.4. The molecule has 0 fully saturated rings. The fourth-order valence-electron chi connectivity index (χ4n) is 2.40. The van der Waals surface area contributed by atoms with Crippen LogP contribution in [0.3, 0.4) is 0 Å². The van der Waals surface area contributed by atoms with Gasteiger partial charge in [-0.25, -0.2) is 4.79 Å². The van der Waals surface area contributed by atoms with Crippen molar-refractivity contribution < 1.29 is 9.53 Å². The molecule has 0 bridgehead atoms. The Morgan fingerprint density at radius 1 is 1.56 bits per heavy atom. The summed E-state index contributed by atoms with van der Waals surface area (Å²) in [5.41, 5.74) is 4.40. The summed E-state index contributed by atoms with van der Waals surface area (Å²) in [6.45, 7) is 2.16. The third kappa shape index (κ3) is 1.45. The number of H-pyrrole nitrogens is 1. The molecule has 6 heteroatoms. The zero-order valence-electron chi connectivity index (χ0n) is 10.4. The first kappa shape index (κ1) is 11.0. The molecule has 18 heavy (non-hydrogen) atoms. The van der Waals surface area contributed by atoms with E-state index in [0.29, 0.717) is 12.3 Å². The van der Waals surface area contributed by atoms with Crippen molar-refractivity contribution in [3.05, 3.63) is 23.1 Å². The summed E-state index contributed by atoms with van der Waals surface area (Å²) in [5.74, 6) is -0.335. The number of carbonyl (C=O) groups excluding carboxylic acids is 1. The average molecular weight is 246 g/mol. The van der Waals surface area contributed by atoms with Gasteiger partial charge in [-0.1, -0.05) is 0 Å². The van der Waals surface area contributed by atoms with Gasteiger partial charge >= 0.3 is 5.97 Å². The Labute approximate surface area is 104 Å². The predicted molar refractivity (Wildman–Crippen MR) is 64.2 cm³/mol. The predicted octanol–water partition coefficient (Wildman–Crippen LogP) is 1.09. The van der Waals surface area contributed by atoms with Crippen LogP contribution in [-0.2, 0) is 24.6 Å². The van der Waals surface area contributed by atoms with Gasteiger partial charge in [0.15, 0.2) is 0 Å². The van der Waals surface area contributed by atoms with Crippen LogP contribution in [0.4, 0.5) is 0 Å². The van der Waals surface area contributed by atoms with E-state index in [1.54, 1.807) is 13.1 Å². The topological polar surface area (TPSA) is 72.8 Å². The molecule has 2 aromatic rings. The molecule has 0 aromatic carbocycles. The summed E-state index contributed by atoms with van der Waals surface area (Å²) >= 11 is 0. The van der Waals surface area contributed by atoms with Gasteiger partial charge < -0.3 is 4.74 Å². The number of hydrogen-bond acceptors (Lipinski definition) is 4. The lowest BCUT2D eigenvalue weighted by molar-refractivity contribution is 0.0518. The van der Waals surface area contributed by atoms with Gasteiger partial charge in [-0.2, -0.15) is 10.2 Å². The average Bonchev–Trinajstić information content (AvgIpc) is 2.93. The minimum atomic E-state index is -0.335. The molecule has 2 heterocycles. The van der Waals surface area contributed by atoms with Gasteiger partial charge in [-0.15, -0.1) is 0 Å². The maximum absolute atomic E-state index is 11.8. The largest absolute Gasteiger partial charge is 0.461 e. The second kappa shape index (κ2) is 3.97. The molecule has 0 aliphatic heterocycles. The lowest BCUT2D eigenvalue weighted by Gasteiger charge is -2.12. The maximum atomic E-state index is 11.8. The van der Waals surface area contributed by atoms with Gasteiger partial charge in [-0.3, -0.25) is 9.78 Å². The molecule has 0 atom stereocenters. The van der Waals surface area contributed by atoms with E-state index in [-0.39, 0.29) is 5.97 Å². The Balaban J connectivity index is 2.07. The summed E-state index contributed by atoms with van der Waals surface area (Å²) < 4.78 is 6.87. The standard InChI is InChI=1S/C12H14N4O2/c1-3-18-12(17)11-7-4-5-9-8(6-13-16(9)2)10(7)14-15-11/h6H,3-5H2,1-2H3,(H,14,15). The summed E-state index contributed by atoms with van der Waals surface area (Å²) in [6.07, 6.45) is 3.44. The van der Waals surface area contributed by atoms with Gasteiger partial charge in [0.25, 0.3) is 0 Å². The van der Waals surface area contributed by atoms with Crippen LogP contribution in [0.25, 0.3) is 11.3 Å². The van der Waals surface area contributed by atoms with E-state index >= 15 is 0 Å². The number of rotatable bonds is 2. The van der Waals surface area contributed by atoms with Crippen LogP contribution in [0.1, 0.15) is 28.7 Å². The van der Waals surface area contributed by atoms with Crippen LogP contribution in [0.5, 0.6) is 0 Å². The highest BCUT2D eigenvalue weighted by Crippen LogP contribution is 2.33. The Kier molecular flexibility index (Phi) is 2.43. The number of fused-ring (bicyclic) bond motifs is 3. The van der Waals surface area contributed by atoms with Crippen LogP contribution in [0.15, 0.2) is 6.20 Å². The highest BCUT2D eigenvalue weighted by atomic mass is 16.5.